The summed E-state index contributed by atoms with van der Waals surface area (Å²) in [6.45, 7) is 4.39. The molecule has 2 aliphatic heterocycles. The molecule has 4 nitrogen and oxygen atoms in total. The fourth-order valence-corrected chi connectivity index (χ4v) is 4.54. The van der Waals surface area contributed by atoms with Crippen molar-refractivity contribution >= 4 is 0 Å². The molecule has 2 unspecified atom stereocenters. The minimum atomic E-state index is 0.0368. The van der Waals surface area contributed by atoms with E-state index >= 15 is 0 Å². The number of aromatic nitrogens is 1. The van der Waals surface area contributed by atoms with Gasteiger partial charge in [0.15, 0.2) is 0 Å². The topological polar surface area (TPSA) is 48.4 Å². The van der Waals surface area contributed by atoms with E-state index in [9.17, 15) is 5.11 Å². The van der Waals surface area contributed by atoms with Crippen LogP contribution in [0.3, 0.4) is 0 Å². The Bertz CT molecular complexity index is 705. The third-order valence-electron chi connectivity index (χ3n) is 5.86. The normalized spacial score (nSPS) is 27.0. The zero-order chi connectivity index (χ0) is 17.1. The standard InChI is InChI=1S/C21H27N3O/c25-16-21-9-4-11-23-20(21)8-12-24(15-21)14-17-5-3-6-18(13-17)19-7-1-2-10-22-19/h1-3,5-7,10,13,20,23,25H,4,8-9,11-12,14-16H2. The van der Waals surface area contributed by atoms with Gasteiger partial charge in [-0.25, -0.2) is 0 Å². The van der Waals surface area contributed by atoms with Gasteiger partial charge < -0.3 is 10.4 Å². The van der Waals surface area contributed by atoms with Crippen LogP contribution in [-0.2, 0) is 6.54 Å². The van der Waals surface area contributed by atoms with Gasteiger partial charge in [-0.2, -0.15) is 0 Å². The Morgan fingerprint density at radius 2 is 2.20 bits per heavy atom. The van der Waals surface area contributed by atoms with Gasteiger partial charge in [0.25, 0.3) is 0 Å². The van der Waals surface area contributed by atoms with Crippen molar-refractivity contribution in [2.75, 3.05) is 26.2 Å². The van der Waals surface area contributed by atoms with Crippen LogP contribution in [0, 0.1) is 5.41 Å². The molecule has 2 atom stereocenters. The molecule has 0 radical (unpaired) electrons. The van der Waals surface area contributed by atoms with Gasteiger partial charge >= 0.3 is 0 Å². The fraction of sp³-hybridized carbons (Fsp3) is 0.476. The molecule has 2 fully saturated rings. The van der Waals surface area contributed by atoms with E-state index in [2.05, 4.69) is 45.5 Å². The Balaban J connectivity index is 1.49. The first-order chi connectivity index (χ1) is 12.3. The van der Waals surface area contributed by atoms with Gasteiger partial charge in [0.1, 0.15) is 0 Å². The lowest BCUT2D eigenvalue weighted by molar-refractivity contribution is -0.0222. The Labute approximate surface area is 149 Å². The highest BCUT2D eigenvalue weighted by atomic mass is 16.3. The van der Waals surface area contributed by atoms with Crippen LogP contribution in [0.5, 0.6) is 0 Å². The van der Waals surface area contributed by atoms with Crippen LogP contribution in [-0.4, -0.2) is 47.3 Å². The highest BCUT2D eigenvalue weighted by Gasteiger charge is 2.44. The number of aliphatic hydroxyl groups is 1. The number of rotatable bonds is 4. The predicted molar refractivity (Wildman–Crippen MR) is 100 cm³/mol. The summed E-state index contributed by atoms with van der Waals surface area (Å²) in [4.78, 5) is 6.97. The SMILES string of the molecule is OCC12CCCNC1CCN(Cc1cccc(-c3ccccn3)c1)C2. The molecule has 2 saturated heterocycles. The predicted octanol–water partition coefficient (Wildman–Crippen LogP) is 2.69. The maximum absolute atomic E-state index is 10.1. The van der Waals surface area contributed by atoms with Gasteiger partial charge in [0.2, 0.25) is 0 Å². The van der Waals surface area contributed by atoms with E-state index in [1.807, 2.05) is 18.3 Å². The van der Waals surface area contributed by atoms with Gasteiger partial charge in [0.05, 0.1) is 12.3 Å². The molecule has 0 amide bonds. The number of pyridine rings is 1. The number of hydrogen-bond acceptors (Lipinski definition) is 4. The van der Waals surface area contributed by atoms with Crippen molar-refractivity contribution in [1.29, 1.82) is 0 Å². The molecule has 3 heterocycles. The lowest BCUT2D eigenvalue weighted by Crippen LogP contribution is -2.61. The number of hydrogen-bond donors (Lipinski definition) is 2. The van der Waals surface area contributed by atoms with Crippen molar-refractivity contribution in [3.05, 3.63) is 54.2 Å². The van der Waals surface area contributed by atoms with Crippen molar-refractivity contribution in [2.24, 2.45) is 5.41 Å². The Kier molecular flexibility index (Phi) is 4.84. The van der Waals surface area contributed by atoms with E-state index in [0.717, 1.165) is 44.7 Å². The number of piperidine rings is 2. The van der Waals surface area contributed by atoms with E-state index < -0.39 is 0 Å². The highest BCUT2D eigenvalue weighted by molar-refractivity contribution is 5.59. The molecule has 0 bridgehead atoms. The first kappa shape index (κ1) is 16.7. The fourth-order valence-electron chi connectivity index (χ4n) is 4.54. The minimum absolute atomic E-state index is 0.0368. The number of likely N-dealkylation sites (tertiary alicyclic amines) is 1. The number of benzene rings is 1. The van der Waals surface area contributed by atoms with E-state index in [1.54, 1.807) is 0 Å². The van der Waals surface area contributed by atoms with Crippen LogP contribution in [0.4, 0.5) is 0 Å². The lowest BCUT2D eigenvalue weighted by Gasteiger charge is -2.50. The van der Waals surface area contributed by atoms with Crippen LogP contribution in [0.15, 0.2) is 48.7 Å². The molecule has 0 saturated carbocycles. The Morgan fingerprint density at radius 1 is 1.24 bits per heavy atom. The molecule has 2 aromatic rings. The second-order valence-corrected chi connectivity index (χ2v) is 7.55. The van der Waals surface area contributed by atoms with Crippen LogP contribution in [0.1, 0.15) is 24.8 Å². The van der Waals surface area contributed by atoms with E-state index in [4.69, 9.17) is 0 Å². The lowest BCUT2D eigenvalue weighted by atomic mass is 9.70. The summed E-state index contributed by atoms with van der Waals surface area (Å²) in [5, 5.41) is 13.7. The van der Waals surface area contributed by atoms with Gasteiger partial charge in [-0.15, -0.1) is 0 Å². The monoisotopic (exact) mass is 337 g/mol. The summed E-state index contributed by atoms with van der Waals surface area (Å²) in [6.07, 6.45) is 5.26. The van der Waals surface area contributed by atoms with Crippen molar-refractivity contribution < 1.29 is 5.11 Å². The maximum atomic E-state index is 10.1. The minimum Gasteiger partial charge on any atom is -0.396 e. The molecule has 25 heavy (non-hydrogen) atoms. The summed E-state index contributed by atoms with van der Waals surface area (Å²) in [5.74, 6) is 0. The summed E-state index contributed by atoms with van der Waals surface area (Å²) in [6, 6.07) is 15.2. The Hall–Kier alpha value is -1.75. The molecule has 0 spiro atoms. The summed E-state index contributed by atoms with van der Waals surface area (Å²) >= 11 is 0. The quantitative estimate of drug-likeness (QED) is 0.901. The molecule has 1 aromatic heterocycles. The van der Waals surface area contributed by atoms with Crippen LogP contribution in [0.25, 0.3) is 11.3 Å². The van der Waals surface area contributed by atoms with E-state index in [-0.39, 0.29) is 12.0 Å². The number of nitrogens with one attached hydrogen (secondary N) is 1. The van der Waals surface area contributed by atoms with Gasteiger partial charge in [0, 0.05) is 42.9 Å². The zero-order valence-corrected chi connectivity index (χ0v) is 14.7. The molecule has 0 aliphatic carbocycles. The van der Waals surface area contributed by atoms with Crippen molar-refractivity contribution in [3.63, 3.8) is 0 Å². The van der Waals surface area contributed by atoms with Crippen LogP contribution in [0.2, 0.25) is 0 Å². The molecule has 2 aliphatic rings. The number of fused-ring (bicyclic) bond motifs is 1. The largest absolute Gasteiger partial charge is 0.396 e. The second-order valence-electron chi connectivity index (χ2n) is 7.55. The highest BCUT2D eigenvalue weighted by Crippen LogP contribution is 2.37. The summed E-state index contributed by atoms with van der Waals surface area (Å²) < 4.78 is 0. The third kappa shape index (κ3) is 3.47. The summed E-state index contributed by atoms with van der Waals surface area (Å²) in [5.41, 5.74) is 3.55. The average Bonchev–Trinajstić information content (AvgIpc) is 2.69. The first-order valence-electron chi connectivity index (χ1n) is 9.36. The molecule has 2 N–H and O–H groups in total. The van der Waals surface area contributed by atoms with Crippen molar-refractivity contribution in [2.45, 2.75) is 31.8 Å². The number of aliphatic hydroxyl groups excluding tert-OH is 1. The van der Waals surface area contributed by atoms with Gasteiger partial charge in [-0.05, 0) is 49.6 Å². The average molecular weight is 337 g/mol. The smallest absolute Gasteiger partial charge is 0.0702 e. The second kappa shape index (κ2) is 7.24. The molecule has 132 valence electrons. The van der Waals surface area contributed by atoms with E-state index in [0.29, 0.717) is 6.04 Å². The maximum Gasteiger partial charge on any atom is 0.0702 e. The zero-order valence-electron chi connectivity index (χ0n) is 14.7. The molecular weight excluding hydrogens is 310 g/mol. The van der Waals surface area contributed by atoms with Crippen molar-refractivity contribution in [3.8, 4) is 11.3 Å². The van der Waals surface area contributed by atoms with Gasteiger partial charge in [-0.1, -0.05) is 24.3 Å². The van der Waals surface area contributed by atoms with Crippen LogP contribution < -0.4 is 5.32 Å². The molecule has 4 heteroatoms. The first-order valence-corrected chi connectivity index (χ1v) is 9.36. The van der Waals surface area contributed by atoms with Crippen molar-refractivity contribution in [1.82, 2.24) is 15.2 Å². The van der Waals surface area contributed by atoms with E-state index in [1.165, 1.54) is 17.5 Å². The Morgan fingerprint density at radius 3 is 3.04 bits per heavy atom. The molecular formula is C21H27N3O. The third-order valence-corrected chi connectivity index (χ3v) is 5.86. The number of nitrogens with zero attached hydrogens (tertiary/aromatic N) is 2. The molecule has 1 aromatic carbocycles. The summed E-state index contributed by atoms with van der Waals surface area (Å²) in [7, 11) is 0. The van der Waals surface area contributed by atoms with Gasteiger partial charge in [-0.3, -0.25) is 9.88 Å². The van der Waals surface area contributed by atoms with Crippen LogP contribution >= 0.6 is 0 Å². The molecule has 4 rings (SSSR count).